The highest BCUT2D eigenvalue weighted by Gasteiger charge is 2.25. The van der Waals surface area contributed by atoms with Gasteiger partial charge in [-0.2, -0.15) is 4.31 Å². The van der Waals surface area contributed by atoms with Crippen LogP contribution in [-0.2, 0) is 16.6 Å². The minimum atomic E-state index is -3.72. The van der Waals surface area contributed by atoms with Crippen molar-refractivity contribution >= 4 is 21.6 Å². The summed E-state index contributed by atoms with van der Waals surface area (Å²) in [5.74, 6) is 0.554. The van der Waals surface area contributed by atoms with Gasteiger partial charge in [-0.15, -0.1) is 0 Å². The molecule has 1 heterocycles. The van der Waals surface area contributed by atoms with Gasteiger partial charge >= 0.3 is 0 Å². The van der Waals surface area contributed by atoms with E-state index in [0.717, 1.165) is 0 Å². The molecule has 0 bridgehead atoms. The summed E-state index contributed by atoms with van der Waals surface area (Å²) in [6.07, 6.45) is 1.23. The molecule has 0 saturated heterocycles. The normalized spacial score (nSPS) is 11.6. The fourth-order valence-corrected chi connectivity index (χ4v) is 4.83. The third-order valence-electron chi connectivity index (χ3n) is 5.00. The van der Waals surface area contributed by atoms with Crippen LogP contribution in [0.4, 0.5) is 5.69 Å². The van der Waals surface area contributed by atoms with Gasteiger partial charge in [0.2, 0.25) is 10.0 Å². The van der Waals surface area contributed by atoms with E-state index in [0.29, 0.717) is 30.2 Å². The molecule has 0 saturated carbocycles. The molecule has 2 aromatic carbocycles. The number of nitrogens with one attached hydrogen (secondary N) is 1. The van der Waals surface area contributed by atoms with E-state index in [2.05, 4.69) is 5.32 Å². The van der Waals surface area contributed by atoms with Gasteiger partial charge in [-0.1, -0.05) is 32.0 Å². The number of rotatable bonds is 11. The molecule has 0 atom stereocenters. The average molecular weight is 487 g/mol. The predicted octanol–water partition coefficient (Wildman–Crippen LogP) is 4.93. The van der Waals surface area contributed by atoms with Crippen molar-refractivity contribution in [3.63, 3.8) is 0 Å². The molecule has 0 fully saturated rings. The molecule has 0 radical (unpaired) electrons. The smallest absolute Gasteiger partial charge is 0.291 e. The number of nitrogens with zero attached hydrogens (tertiary/aromatic N) is 1. The van der Waals surface area contributed by atoms with Crippen molar-refractivity contribution < 1.29 is 27.1 Å². The Morgan fingerprint density at radius 3 is 2.41 bits per heavy atom. The number of benzene rings is 2. The number of hydrogen-bond donors (Lipinski definition) is 1. The molecule has 8 nitrogen and oxygen atoms in total. The molecule has 0 spiro atoms. The molecular formula is C25H30N2O6S. The number of sulfonamides is 1. The molecule has 1 N–H and O–H groups in total. The Morgan fingerprint density at radius 2 is 1.76 bits per heavy atom. The van der Waals surface area contributed by atoms with Gasteiger partial charge in [0, 0.05) is 18.7 Å². The predicted molar refractivity (Wildman–Crippen MR) is 130 cm³/mol. The lowest BCUT2D eigenvalue weighted by Crippen LogP contribution is -2.30. The molecule has 3 rings (SSSR count). The second kappa shape index (κ2) is 11.2. The summed E-state index contributed by atoms with van der Waals surface area (Å²) < 4.78 is 44.3. The first-order valence-corrected chi connectivity index (χ1v) is 12.6. The highest BCUT2D eigenvalue weighted by Crippen LogP contribution is 2.31. The van der Waals surface area contributed by atoms with Crippen molar-refractivity contribution in [3.05, 3.63) is 72.2 Å². The minimum Gasteiger partial charge on any atom is -0.489 e. The van der Waals surface area contributed by atoms with Crippen molar-refractivity contribution in [1.82, 2.24) is 4.31 Å². The first kappa shape index (κ1) is 25.3. The zero-order valence-electron chi connectivity index (χ0n) is 19.8. The van der Waals surface area contributed by atoms with E-state index < -0.39 is 15.9 Å². The van der Waals surface area contributed by atoms with Gasteiger partial charge in [0.05, 0.1) is 22.9 Å². The SMILES string of the molecule is CCN(CC)S(=O)(=O)c1ccc(OC(C)C)c(NC(=O)c2occc2COc2ccccc2)c1. The zero-order valence-corrected chi connectivity index (χ0v) is 20.6. The van der Waals surface area contributed by atoms with Gasteiger partial charge < -0.3 is 19.2 Å². The number of furan rings is 1. The fourth-order valence-electron chi connectivity index (χ4n) is 3.34. The van der Waals surface area contributed by atoms with Crippen LogP contribution in [0.2, 0.25) is 0 Å². The highest BCUT2D eigenvalue weighted by atomic mass is 32.2. The van der Waals surface area contributed by atoms with E-state index >= 15 is 0 Å². The van der Waals surface area contributed by atoms with Crippen molar-refractivity contribution in [1.29, 1.82) is 0 Å². The Balaban J connectivity index is 1.87. The van der Waals surface area contributed by atoms with Crippen LogP contribution in [0.3, 0.4) is 0 Å². The van der Waals surface area contributed by atoms with Gasteiger partial charge in [-0.3, -0.25) is 4.79 Å². The lowest BCUT2D eigenvalue weighted by atomic mass is 10.2. The van der Waals surface area contributed by atoms with E-state index in [1.807, 2.05) is 44.2 Å². The van der Waals surface area contributed by atoms with Crippen LogP contribution in [-0.4, -0.2) is 37.8 Å². The second-order valence-corrected chi connectivity index (χ2v) is 9.68. The zero-order chi connectivity index (χ0) is 24.7. The van der Waals surface area contributed by atoms with E-state index in [-0.39, 0.29) is 29.1 Å². The summed E-state index contributed by atoms with van der Waals surface area (Å²) in [6, 6.07) is 15.3. The fraction of sp³-hybridized carbons (Fsp3) is 0.320. The van der Waals surface area contributed by atoms with E-state index in [4.69, 9.17) is 13.9 Å². The van der Waals surface area contributed by atoms with Crippen LogP contribution >= 0.6 is 0 Å². The molecule has 3 aromatic rings. The Hall–Kier alpha value is -3.30. The molecule has 1 aromatic heterocycles. The van der Waals surface area contributed by atoms with E-state index in [1.165, 1.54) is 22.7 Å². The first-order chi connectivity index (χ1) is 16.3. The highest BCUT2D eigenvalue weighted by molar-refractivity contribution is 7.89. The first-order valence-electron chi connectivity index (χ1n) is 11.1. The van der Waals surface area contributed by atoms with E-state index in [9.17, 15) is 13.2 Å². The summed E-state index contributed by atoms with van der Waals surface area (Å²) in [6.45, 7) is 8.04. The topological polar surface area (TPSA) is 98.1 Å². The molecule has 0 unspecified atom stereocenters. The van der Waals surface area contributed by atoms with Crippen molar-refractivity contribution in [3.8, 4) is 11.5 Å². The largest absolute Gasteiger partial charge is 0.489 e. The van der Waals surface area contributed by atoms with Crippen LogP contribution in [0.5, 0.6) is 11.5 Å². The molecule has 182 valence electrons. The second-order valence-electron chi connectivity index (χ2n) is 7.74. The van der Waals surface area contributed by atoms with E-state index in [1.54, 1.807) is 26.0 Å². The van der Waals surface area contributed by atoms with Crippen molar-refractivity contribution in [2.45, 2.75) is 45.3 Å². The van der Waals surface area contributed by atoms with Crippen LogP contribution in [0.25, 0.3) is 0 Å². The lowest BCUT2D eigenvalue weighted by molar-refractivity contribution is 0.0992. The molecule has 0 aliphatic carbocycles. The molecular weight excluding hydrogens is 456 g/mol. The molecule has 1 amide bonds. The lowest BCUT2D eigenvalue weighted by Gasteiger charge is -2.20. The van der Waals surface area contributed by atoms with Gasteiger partial charge in [0.25, 0.3) is 5.91 Å². The minimum absolute atomic E-state index is 0.0645. The average Bonchev–Trinajstić information content (AvgIpc) is 3.28. The molecule has 0 aliphatic rings. The summed E-state index contributed by atoms with van der Waals surface area (Å²) in [4.78, 5) is 13.1. The Kier molecular flexibility index (Phi) is 8.36. The van der Waals surface area contributed by atoms with Gasteiger partial charge in [0.1, 0.15) is 18.1 Å². The number of amides is 1. The number of para-hydroxylation sites is 1. The Morgan fingerprint density at radius 1 is 1.06 bits per heavy atom. The number of carbonyl (C=O) groups is 1. The maximum atomic E-state index is 13.1. The van der Waals surface area contributed by atoms with Crippen molar-refractivity contribution in [2.24, 2.45) is 0 Å². The van der Waals surface area contributed by atoms with Gasteiger partial charge in [-0.25, -0.2) is 8.42 Å². The summed E-state index contributed by atoms with van der Waals surface area (Å²) in [7, 11) is -3.72. The summed E-state index contributed by atoms with van der Waals surface area (Å²) in [5, 5.41) is 2.75. The third kappa shape index (κ3) is 5.98. The molecule has 0 aliphatic heterocycles. The monoisotopic (exact) mass is 486 g/mol. The Labute approximate surface area is 200 Å². The summed E-state index contributed by atoms with van der Waals surface area (Å²) >= 11 is 0. The number of carbonyl (C=O) groups excluding carboxylic acids is 1. The number of ether oxygens (including phenoxy) is 2. The van der Waals surface area contributed by atoms with Gasteiger partial charge in [0.15, 0.2) is 5.76 Å². The van der Waals surface area contributed by atoms with Crippen LogP contribution in [0.1, 0.15) is 43.8 Å². The van der Waals surface area contributed by atoms with Gasteiger partial charge in [-0.05, 0) is 50.2 Å². The van der Waals surface area contributed by atoms with Crippen LogP contribution in [0, 0.1) is 0 Å². The van der Waals surface area contributed by atoms with Crippen molar-refractivity contribution in [2.75, 3.05) is 18.4 Å². The van der Waals surface area contributed by atoms with Crippen LogP contribution in [0.15, 0.2) is 70.2 Å². The third-order valence-corrected chi connectivity index (χ3v) is 7.04. The summed E-state index contributed by atoms with van der Waals surface area (Å²) in [5.41, 5.74) is 0.790. The Bertz CT molecular complexity index is 1200. The maximum absolute atomic E-state index is 13.1. The number of anilines is 1. The molecule has 34 heavy (non-hydrogen) atoms. The standard InChI is InChI=1S/C25H30N2O6S/c1-5-27(6-2)34(29,30)21-12-13-23(33-18(3)4)22(16-21)26-25(28)24-19(14-15-31-24)17-32-20-10-8-7-9-11-20/h7-16,18H,5-6,17H2,1-4H3,(H,26,28). The quantitative estimate of drug-likeness (QED) is 0.413. The molecule has 9 heteroatoms. The number of hydrogen-bond acceptors (Lipinski definition) is 6. The maximum Gasteiger partial charge on any atom is 0.291 e. The van der Waals surface area contributed by atoms with Crippen LogP contribution < -0.4 is 14.8 Å².